The molecular formula is C31H45N5O3S. The largest absolute Gasteiger partial charge is 0.493 e. The van der Waals surface area contributed by atoms with Crippen molar-refractivity contribution in [3.8, 4) is 11.5 Å². The van der Waals surface area contributed by atoms with Crippen LogP contribution in [0.5, 0.6) is 11.5 Å². The number of anilines is 1. The molecule has 2 atom stereocenters. The van der Waals surface area contributed by atoms with Gasteiger partial charge >= 0.3 is 0 Å². The minimum atomic E-state index is -0.210. The first kappa shape index (κ1) is 29.7. The van der Waals surface area contributed by atoms with Gasteiger partial charge in [-0.05, 0) is 87.0 Å². The SMILES string of the molecule is COCCNC(=S)Nc1ccc2ncc(C3(C)C=C(C)CCC(CCCc4ccc(OC)c(OC)c4)C3)nc2n1.[HH].[HH]. The van der Waals surface area contributed by atoms with Crippen molar-refractivity contribution >= 4 is 34.3 Å². The summed E-state index contributed by atoms with van der Waals surface area (Å²) in [5.41, 5.74) is 4.80. The Kier molecular flexibility index (Phi) is 10.3. The lowest BCUT2D eigenvalue weighted by atomic mass is 9.77. The third-order valence-electron chi connectivity index (χ3n) is 7.58. The Morgan fingerprint density at radius 3 is 2.73 bits per heavy atom. The van der Waals surface area contributed by atoms with Crippen LogP contribution in [0.1, 0.15) is 60.1 Å². The number of hydrogen-bond donors (Lipinski definition) is 2. The van der Waals surface area contributed by atoms with Gasteiger partial charge in [0.05, 0.1) is 32.7 Å². The number of ether oxygens (including phenoxy) is 3. The highest BCUT2D eigenvalue weighted by Gasteiger charge is 2.32. The van der Waals surface area contributed by atoms with E-state index >= 15 is 0 Å². The first-order valence-electron chi connectivity index (χ1n) is 13.9. The highest BCUT2D eigenvalue weighted by Crippen LogP contribution is 2.40. The van der Waals surface area contributed by atoms with E-state index in [-0.39, 0.29) is 8.27 Å². The van der Waals surface area contributed by atoms with E-state index in [1.807, 2.05) is 24.4 Å². The number of hydrogen-bond acceptors (Lipinski definition) is 7. The second-order valence-corrected chi connectivity index (χ2v) is 11.2. The maximum atomic E-state index is 5.49. The van der Waals surface area contributed by atoms with Crippen LogP contribution < -0.4 is 20.1 Å². The second kappa shape index (κ2) is 13.9. The van der Waals surface area contributed by atoms with Crippen molar-refractivity contribution in [3.05, 3.63) is 59.4 Å². The fraction of sp³-hybridized carbons (Fsp3) is 0.484. The molecule has 0 spiro atoms. The van der Waals surface area contributed by atoms with Crippen LogP contribution in [0.25, 0.3) is 11.2 Å². The van der Waals surface area contributed by atoms with Crippen molar-refractivity contribution in [1.29, 1.82) is 0 Å². The van der Waals surface area contributed by atoms with Crippen LogP contribution in [0.4, 0.5) is 5.82 Å². The molecule has 2 unspecified atom stereocenters. The van der Waals surface area contributed by atoms with Crippen LogP contribution in [-0.2, 0) is 16.6 Å². The number of allylic oxidation sites excluding steroid dienone is 2. The first-order chi connectivity index (χ1) is 19.3. The van der Waals surface area contributed by atoms with Gasteiger partial charge in [0.2, 0.25) is 0 Å². The topological polar surface area (TPSA) is 90.4 Å². The maximum Gasteiger partial charge on any atom is 0.180 e. The van der Waals surface area contributed by atoms with Gasteiger partial charge in [0, 0.05) is 21.9 Å². The van der Waals surface area contributed by atoms with E-state index in [0.29, 0.717) is 35.6 Å². The first-order valence-corrected chi connectivity index (χ1v) is 14.3. The fourth-order valence-electron chi connectivity index (χ4n) is 5.53. The molecule has 0 saturated carbocycles. The lowest BCUT2D eigenvalue weighted by Crippen LogP contribution is -2.31. The third-order valence-corrected chi connectivity index (χ3v) is 7.82. The molecular weight excluding hydrogens is 522 g/mol. The Bertz CT molecular complexity index is 1360. The quantitative estimate of drug-likeness (QED) is 0.153. The molecule has 1 aliphatic carbocycles. The number of nitrogens with one attached hydrogen (secondary N) is 2. The lowest BCUT2D eigenvalue weighted by molar-refractivity contribution is 0.204. The van der Waals surface area contributed by atoms with Crippen LogP contribution in [0.2, 0.25) is 0 Å². The van der Waals surface area contributed by atoms with Crippen molar-refractivity contribution in [3.63, 3.8) is 0 Å². The molecule has 8 nitrogen and oxygen atoms in total. The van der Waals surface area contributed by atoms with Crippen molar-refractivity contribution in [1.82, 2.24) is 20.3 Å². The van der Waals surface area contributed by atoms with Gasteiger partial charge in [0.15, 0.2) is 22.3 Å². The zero-order valence-corrected chi connectivity index (χ0v) is 25.1. The average Bonchev–Trinajstić information content (AvgIpc) is 3.10. The van der Waals surface area contributed by atoms with E-state index in [4.69, 9.17) is 41.4 Å². The van der Waals surface area contributed by atoms with Gasteiger partial charge in [-0.3, -0.25) is 4.98 Å². The molecule has 2 aromatic heterocycles. The zero-order chi connectivity index (χ0) is 28.5. The third kappa shape index (κ3) is 7.67. The monoisotopic (exact) mass is 567 g/mol. The number of fused-ring (bicyclic) bond motifs is 1. The number of nitrogens with zero attached hydrogens (tertiary/aromatic N) is 3. The van der Waals surface area contributed by atoms with Gasteiger partial charge in [0.25, 0.3) is 0 Å². The molecule has 0 amide bonds. The molecule has 0 bridgehead atoms. The van der Waals surface area contributed by atoms with E-state index in [0.717, 1.165) is 54.8 Å². The normalized spacial score (nSPS) is 19.0. The highest BCUT2D eigenvalue weighted by atomic mass is 32.1. The molecule has 3 aromatic rings. The summed E-state index contributed by atoms with van der Waals surface area (Å²) in [7, 11) is 5.01. The van der Waals surface area contributed by atoms with Gasteiger partial charge < -0.3 is 24.8 Å². The molecule has 0 fully saturated rings. The average molecular weight is 568 g/mol. The Hall–Kier alpha value is -3.30. The van der Waals surface area contributed by atoms with Gasteiger partial charge in [-0.25, -0.2) is 9.97 Å². The number of methoxy groups -OCH3 is 3. The molecule has 218 valence electrons. The summed E-state index contributed by atoms with van der Waals surface area (Å²) in [5, 5.41) is 6.74. The van der Waals surface area contributed by atoms with Gasteiger partial charge in [-0.1, -0.05) is 31.1 Å². The second-order valence-electron chi connectivity index (χ2n) is 10.8. The van der Waals surface area contributed by atoms with Crippen molar-refractivity contribution in [2.24, 2.45) is 5.92 Å². The molecule has 2 heterocycles. The smallest absolute Gasteiger partial charge is 0.180 e. The number of pyridine rings is 1. The number of aromatic nitrogens is 3. The summed E-state index contributed by atoms with van der Waals surface area (Å²) in [6, 6.07) is 10.0. The summed E-state index contributed by atoms with van der Waals surface area (Å²) in [6.07, 6.45) is 10.9. The van der Waals surface area contributed by atoms with E-state index in [9.17, 15) is 0 Å². The van der Waals surface area contributed by atoms with Crippen molar-refractivity contribution < 1.29 is 17.1 Å². The number of rotatable bonds is 11. The van der Waals surface area contributed by atoms with Crippen molar-refractivity contribution in [2.45, 2.75) is 57.8 Å². The van der Waals surface area contributed by atoms with E-state index in [1.54, 1.807) is 21.3 Å². The Labute approximate surface area is 245 Å². The Morgan fingerprint density at radius 1 is 1.12 bits per heavy atom. The molecule has 1 aliphatic rings. The zero-order valence-electron chi connectivity index (χ0n) is 24.3. The van der Waals surface area contributed by atoms with Crippen LogP contribution in [0.3, 0.4) is 0 Å². The molecule has 40 heavy (non-hydrogen) atoms. The summed E-state index contributed by atoms with van der Waals surface area (Å²) in [6.45, 7) is 5.72. The number of benzene rings is 1. The summed E-state index contributed by atoms with van der Waals surface area (Å²) in [4.78, 5) is 14.5. The molecule has 0 radical (unpaired) electrons. The van der Waals surface area contributed by atoms with Crippen LogP contribution in [0, 0.1) is 5.92 Å². The summed E-state index contributed by atoms with van der Waals surface area (Å²) in [5.74, 6) is 2.78. The van der Waals surface area contributed by atoms with Gasteiger partial charge in [0.1, 0.15) is 11.3 Å². The molecule has 0 aliphatic heterocycles. The predicted octanol–water partition coefficient (Wildman–Crippen LogP) is 6.49. The van der Waals surface area contributed by atoms with Crippen molar-refractivity contribution in [2.75, 3.05) is 39.8 Å². The maximum absolute atomic E-state index is 5.49. The highest BCUT2D eigenvalue weighted by molar-refractivity contribution is 7.80. The molecule has 2 N–H and O–H groups in total. The predicted molar refractivity (Wildman–Crippen MR) is 169 cm³/mol. The van der Waals surface area contributed by atoms with Crippen LogP contribution in [-0.4, -0.2) is 54.5 Å². The van der Waals surface area contributed by atoms with E-state index < -0.39 is 0 Å². The van der Waals surface area contributed by atoms with E-state index in [2.05, 4.69) is 42.7 Å². The summed E-state index contributed by atoms with van der Waals surface area (Å²) < 4.78 is 15.9. The Morgan fingerprint density at radius 2 is 1.95 bits per heavy atom. The summed E-state index contributed by atoms with van der Waals surface area (Å²) >= 11 is 5.38. The molecule has 4 rings (SSSR count). The standard InChI is InChI=1S/C31H41N5O3S.2H2/c1-21-9-10-23(8-6-7-22-11-13-25(38-4)26(17-22)39-5)19-31(2,18-21)27-20-33-24-12-14-28(35-29(24)34-27)36-30(40)32-15-16-37-3;;/h11-14,17-18,20,23H,6-10,15-16,19H2,1-5H3,(H2,32,34,35,36,40);2*1H. The molecule has 9 heteroatoms. The molecule has 1 aromatic carbocycles. The van der Waals surface area contributed by atoms with Gasteiger partial charge in [-0.15, -0.1) is 0 Å². The molecule has 0 saturated heterocycles. The van der Waals surface area contributed by atoms with Crippen LogP contribution in [0.15, 0.2) is 48.2 Å². The van der Waals surface area contributed by atoms with Gasteiger partial charge in [-0.2, -0.15) is 0 Å². The number of thiocarbonyl (C=S) groups is 1. The lowest BCUT2D eigenvalue weighted by Gasteiger charge is -2.29. The fourth-order valence-corrected chi connectivity index (χ4v) is 5.74. The van der Waals surface area contributed by atoms with Crippen LogP contribution >= 0.6 is 12.2 Å². The Balaban J connectivity index is 0.00000308. The minimum absolute atomic E-state index is 0. The number of aryl methyl sites for hydroxylation is 1. The minimum Gasteiger partial charge on any atom is -0.493 e. The van der Waals surface area contributed by atoms with E-state index in [1.165, 1.54) is 17.6 Å².